The Morgan fingerprint density at radius 2 is 2.20 bits per heavy atom. The van der Waals surface area contributed by atoms with E-state index >= 15 is 0 Å². The van der Waals surface area contributed by atoms with E-state index in [1.165, 1.54) is 31.4 Å². The van der Waals surface area contributed by atoms with E-state index in [2.05, 4.69) is 46.2 Å². The van der Waals surface area contributed by atoms with Gasteiger partial charge in [-0.1, -0.05) is 46.9 Å². The van der Waals surface area contributed by atoms with Crippen LogP contribution in [0.15, 0.2) is 22.7 Å². The van der Waals surface area contributed by atoms with Crippen LogP contribution in [0, 0.1) is 5.92 Å². The van der Waals surface area contributed by atoms with E-state index in [1.807, 2.05) is 12.1 Å². The molecule has 1 aliphatic heterocycles. The molecule has 2 atom stereocenters. The van der Waals surface area contributed by atoms with Crippen LogP contribution < -0.4 is 5.32 Å². The van der Waals surface area contributed by atoms with E-state index in [4.69, 9.17) is 11.6 Å². The zero-order valence-electron chi connectivity index (χ0n) is 12.3. The molecule has 1 aromatic rings. The standard InChI is InChI=1S/C16H24BrClN2/c1-3-19-11-12-6-4-5-9-20(2)16(12)14-8-7-13(18)10-15(14)17/h7-8,10,12,16,19H,3-6,9,11H2,1-2H3. The molecule has 1 heterocycles. The molecule has 0 radical (unpaired) electrons. The van der Waals surface area contributed by atoms with Gasteiger partial charge in [0, 0.05) is 15.5 Å². The first-order valence-electron chi connectivity index (χ1n) is 7.49. The minimum atomic E-state index is 0.461. The molecule has 1 saturated heterocycles. The fourth-order valence-corrected chi connectivity index (χ4v) is 4.12. The van der Waals surface area contributed by atoms with E-state index in [1.54, 1.807) is 0 Å². The number of rotatable bonds is 4. The summed E-state index contributed by atoms with van der Waals surface area (Å²) in [5, 5.41) is 4.32. The van der Waals surface area contributed by atoms with Gasteiger partial charge in [-0.25, -0.2) is 0 Å². The Morgan fingerprint density at radius 3 is 2.90 bits per heavy atom. The predicted octanol–water partition coefficient (Wildman–Crippen LogP) is 4.49. The lowest BCUT2D eigenvalue weighted by atomic mass is 9.89. The molecule has 20 heavy (non-hydrogen) atoms. The highest BCUT2D eigenvalue weighted by Crippen LogP contribution is 2.38. The summed E-state index contributed by atoms with van der Waals surface area (Å²) in [6.07, 6.45) is 3.90. The van der Waals surface area contributed by atoms with Gasteiger partial charge in [-0.3, -0.25) is 4.90 Å². The lowest BCUT2D eigenvalue weighted by Gasteiger charge is -2.33. The van der Waals surface area contributed by atoms with Crippen molar-refractivity contribution in [1.29, 1.82) is 0 Å². The van der Waals surface area contributed by atoms with Crippen LogP contribution in [0.4, 0.5) is 0 Å². The maximum absolute atomic E-state index is 6.09. The van der Waals surface area contributed by atoms with Gasteiger partial charge >= 0.3 is 0 Å². The summed E-state index contributed by atoms with van der Waals surface area (Å²) < 4.78 is 1.13. The first kappa shape index (κ1) is 16.3. The number of halogens is 2. The van der Waals surface area contributed by atoms with Gasteiger partial charge in [0.1, 0.15) is 0 Å². The van der Waals surface area contributed by atoms with Gasteiger partial charge in [-0.15, -0.1) is 0 Å². The van der Waals surface area contributed by atoms with Gasteiger partial charge in [0.05, 0.1) is 0 Å². The predicted molar refractivity (Wildman–Crippen MR) is 90.4 cm³/mol. The second kappa shape index (κ2) is 7.79. The summed E-state index contributed by atoms with van der Waals surface area (Å²) in [7, 11) is 2.25. The third kappa shape index (κ3) is 3.97. The number of likely N-dealkylation sites (tertiary alicyclic amines) is 1. The number of nitrogens with zero attached hydrogens (tertiary/aromatic N) is 1. The molecule has 112 valence electrons. The van der Waals surface area contributed by atoms with Crippen LogP contribution in [0.2, 0.25) is 5.02 Å². The molecular formula is C16H24BrClN2. The summed E-state index contributed by atoms with van der Waals surface area (Å²) in [4.78, 5) is 2.50. The van der Waals surface area contributed by atoms with Gasteiger partial charge in [-0.05, 0) is 63.1 Å². The Morgan fingerprint density at radius 1 is 1.40 bits per heavy atom. The lowest BCUT2D eigenvalue weighted by Crippen LogP contribution is -2.35. The van der Waals surface area contributed by atoms with E-state index < -0.39 is 0 Å². The van der Waals surface area contributed by atoms with Crippen molar-refractivity contribution in [3.8, 4) is 0 Å². The zero-order chi connectivity index (χ0) is 14.5. The second-order valence-electron chi connectivity index (χ2n) is 5.65. The Kier molecular flexibility index (Phi) is 6.34. The van der Waals surface area contributed by atoms with Gasteiger partial charge in [0.25, 0.3) is 0 Å². The van der Waals surface area contributed by atoms with Crippen LogP contribution in [-0.4, -0.2) is 31.6 Å². The smallest absolute Gasteiger partial charge is 0.0417 e. The van der Waals surface area contributed by atoms with Crippen molar-refractivity contribution in [3.05, 3.63) is 33.3 Å². The van der Waals surface area contributed by atoms with Crippen LogP contribution >= 0.6 is 27.5 Å². The Labute approximate surface area is 136 Å². The first-order chi connectivity index (χ1) is 9.63. The average molecular weight is 360 g/mol. The zero-order valence-corrected chi connectivity index (χ0v) is 14.7. The van der Waals surface area contributed by atoms with E-state index in [0.717, 1.165) is 22.6 Å². The van der Waals surface area contributed by atoms with Crippen LogP contribution in [0.5, 0.6) is 0 Å². The SMILES string of the molecule is CCNCC1CCCCN(C)C1c1ccc(Cl)cc1Br. The minimum absolute atomic E-state index is 0.461. The molecule has 2 unspecified atom stereocenters. The van der Waals surface area contributed by atoms with Crippen LogP contribution in [0.1, 0.15) is 37.8 Å². The largest absolute Gasteiger partial charge is 0.317 e. The highest BCUT2D eigenvalue weighted by Gasteiger charge is 2.29. The highest BCUT2D eigenvalue weighted by molar-refractivity contribution is 9.10. The van der Waals surface area contributed by atoms with Crippen LogP contribution in [0.3, 0.4) is 0 Å². The van der Waals surface area contributed by atoms with Gasteiger partial charge < -0.3 is 5.32 Å². The quantitative estimate of drug-likeness (QED) is 0.852. The minimum Gasteiger partial charge on any atom is -0.317 e. The normalized spacial score (nSPS) is 24.6. The number of hydrogen-bond acceptors (Lipinski definition) is 2. The molecule has 0 aromatic heterocycles. The van der Waals surface area contributed by atoms with Crippen molar-refractivity contribution >= 4 is 27.5 Å². The lowest BCUT2D eigenvalue weighted by molar-refractivity contribution is 0.189. The molecule has 4 heteroatoms. The Balaban J connectivity index is 2.29. The highest BCUT2D eigenvalue weighted by atomic mass is 79.9. The summed E-state index contributed by atoms with van der Waals surface area (Å²) in [5.41, 5.74) is 1.36. The third-order valence-corrected chi connectivity index (χ3v) is 5.12. The molecule has 2 nitrogen and oxygen atoms in total. The summed E-state index contributed by atoms with van der Waals surface area (Å²) in [6, 6.07) is 6.66. The summed E-state index contributed by atoms with van der Waals surface area (Å²) in [6.45, 7) is 5.46. The number of nitrogens with one attached hydrogen (secondary N) is 1. The molecule has 0 aliphatic carbocycles. The summed E-state index contributed by atoms with van der Waals surface area (Å²) in [5.74, 6) is 0.653. The molecular weight excluding hydrogens is 336 g/mol. The van der Waals surface area contributed by atoms with Crippen molar-refractivity contribution in [2.45, 2.75) is 32.2 Å². The summed E-state index contributed by atoms with van der Waals surface area (Å²) >= 11 is 9.79. The Bertz CT molecular complexity index is 438. The van der Waals surface area contributed by atoms with E-state index in [9.17, 15) is 0 Å². The maximum atomic E-state index is 6.09. The van der Waals surface area contributed by atoms with Crippen molar-refractivity contribution in [2.24, 2.45) is 5.92 Å². The van der Waals surface area contributed by atoms with Crippen LogP contribution in [-0.2, 0) is 0 Å². The molecule has 1 aliphatic rings. The van der Waals surface area contributed by atoms with Crippen LogP contribution in [0.25, 0.3) is 0 Å². The molecule has 0 saturated carbocycles. The second-order valence-corrected chi connectivity index (χ2v) is 6.95. The first-order valence-corrected chi connectivity index (χ1v) is 8.66. The molecule has 0 bridgehead atoms. The van der Waals surface area contributed by atoms with Crippen molar-refractivity contribution in [3.63, 3.8) is 0 Å². The molecule has 1 N–H and O–H groups in total. The molecule has 2 rings (SSSR count). The van der Waals surface area contributed by atoms with Crippen molar-refractivity contribution in [1.82, 2.24) is 10.2 Å². The van der Waals surface area contributed by atoms with Crippen molar-refractivity contribution < 1.29 is 0 Å². The molecule has 0 spiro atoms. The average Bonchev–Trinajstić information content (AvgIpc) is 2.59. The number of hydrogen-bond donors (Lipinski definition) is 1. The van der Waals surface area contributed by atoms with Gasteiger partial charge in [0.15, 0.2) is 0 Å². The number of benzene rings is 1. The fourth-order valence-electron chi connectivity index (χ4n) is 3.20. The van der Waals surface area contributed by atoms with E-state index in [-0.39, 0.29) is 0 Å². The fraction of sp³-hybridized carbons (Fsp3) is 0.625. The topological polar surface area (TPSA) is 15.3 Å². The van der Waals surface area contributed by atoms with Crippen molar-refractivity contribution in [2.75, 3.05) is 26.7 Å². The van der Waals surface area contributed by atoms with E-state index in [0.29, 0.717) is 12.0 Å². The molecule has 0 amide bonds. The van der Waals surface area contributed by atoms with Gasteiger partial charge in [0.2, 0.25) is 0 Å². The van der Waals surface area contributed by atoms with Gasteiger partial charge in [-0.2, -0.15) is 0 Å². The third-order valence-electron chi connectivity index (χ3n) is 4.19. The maximum Gasteiger partial charge on any atom is 0.0417 e. The monoisotopic (exact) mass is 358 g/mol. The molecule has 1 fully saturated rings. The Hall–Kier alpha value is -0.0900. The molecule has 1 aromatic carbocycles.